The van der Waals surface area contributed by atoms with Crippen LogP contribution in [0.1, 0.15) is 5.56 Å². The van der Waals surface area contributed by atoms with Crippen molar-refractivity contribution < 1.29 is 9.68 Å². The van der Waals surface area contributed by atoms with Gasteiger partial charge in [0.25, 0.3) is 0 Å². The SMILES string of the molecule is Cc1ccc(OBO)cc1N. The van der Waals surface area contributed by atoms with Crippen molar-refractivity contribution in [3.63, 3.8) is 0 Å². The molecule has 0 aliphatic heterocycles. The maximum Gasteiger partial charge on any atom is 0.504 e. The number of benzene rings is 1. The quantitative estimate of drug-likeness (QED) is 0.469. The van der Waals surface area contributed by atoms with Gasteiger partial charge < -0.3 is 15.4 Å². The van der Waals surface area contributed by atoms with Gasteiger partial charge in [-0.1, -0.05) is 6.07 Å². The van der Waals surface area contributed by atoms with Gasteiger partial charge in [0.1, 0.15) is 5.75 Å². The predicted octanol–water partition coefficient (Wildman–Crippen LogP) is 0.215. The van der Waals surface area contributed by atoms with Gasteiger partial charge in [-0.15, -0.1) is 0 Å². The lowest BCUT2D eigenvalue weighted by atomic mass is 10.2. The maximum atomic E-state index is 8.42. The van der Waals surface area contributed by atoms with Gasteiger partial charge in [-0.3, -0.25) is 0 Å². The summed E-state index contributed by atoms with van der Waals surface area (Å²) < 4.78 is 4.82. The van der Waals surface area contributed by atoms with Crippen LogP contribution in [0, 0.1) is 6.92 Å². The van der Waals surface area contributed by atoms with Crippen LogP contribution in [0.25, 0.3) is 0 Å². The summed E-state index contributed by atoms with van der Waals surface area (Å²) in [6.07, 6.45) is 0. The fourth-order valence-corrected chi connectivity index (χ4v) is 0.783. The number of anilines is 1. The van der Waals surface area contributed by atoms with Crippen molar-refractivity contribution >= 4 is 13.4 Å². The van der Waals surface area contributed by atoms with Crippen molar-refractivity contribution in [2.75, 3.05) is 5.73 Å². The number of aryl methyl sites for hydroxylation is 1. The molecule has 1 rings (SSSR count). The van der Waals surface area contributed by atoms with Gasteiger partial charge in [0.15, 0.2) is 0 Å². The number of hydrogen-bond donors (Lipinski definition) is 2. The Morgan fingerprint density at radius 1 is 1.55 bits per heavy atom. The first kappa shape index (κ1) is 7.95. The summed E-state index contributed by atoms with van der Waals surface area (Å²) in [7, 11) is -0.317. The molecular weight excluding hydrogens is 141 g/mol. The van der Waals surface area contributed by atoms with Crippen LogP contribution in [0.2, 0.25) is 0 Å². The molecule has 1 aromatic rings. The van der Waals surface area contributed by atoms with E-state index in [1.165, 1.54) is 0 Å². The highest BCUT2D eigenvalue weighted by Gasteiger charge is 1.96. The molecule has 0 spiro atoms. The highest BCUT2D eigenvalue weighted by Crippen LogP contribution is 2.18. The second kappa shape index (κ2) is 3.30. The highest BCUT2D eigenvalue weighted by atomic mass is 16.5. The lowest BCUT2D eigenvalue weighted by Gasteiger charge is -2.04. The minimum atomic E-state index is -0.317. The van der Waals surface area contributed by atoms with Crippen molar-refractivity contribution in [1.82, 2.24) is 0 Å². The van der Waals surface area contributed by atoms with Gasteiger partial charge in [-0.05, 0) is 18.6 Å². The predicted molar refractivity (Wildman–Crippen MR) is 45.6 cm³/mol. The smallest absolute Gasteiger partial charge is 0.504 e. The second-order valence-electron chi connectivity index (χ2n) is 2.29. The standard InChI is InChI=1S/C7H10BNO2/c1-5-2-3-6(11-8-10)4-7(5)9/h2-4,8,10H,9H2,1H3. The zero-order valence-corrected chi connectivity index (χ0v) is 6.37. The summed E-state index contributed by atoms with van der Waals surface area (Å²) in [5.74, 6) is 0.593. The molecule has 0 aliphatic rings. The van der Waals surface area contributed by atoms with E-state index in [0.29, 0.717) is 11.4 Å². The molecule has 0 bridgehead atoms. The Morgan fingerprint density at radius 2 is 2.27 bits per heavy atom. The van der Waals surface area contributed by atoms with Gasteiger partial charge in [-0.2, -0.15) is 0 Å². The van der Waals surface area contributed by atoms with Crippen molar-refractivity contribution in [3.05, 3.63) is 23.8 Å². The zero-order valence-electron chi connectivity index (χ0n) is 6.37. The molecule has 4 heteroatoms. The number of rotatable bonds is 2. The lowest BCUT2D eigenvalue weighted by Crippen LogP contribution is -2.00. The normalized spacial score (nSPS) is 9.27. The number of nitrogens with two attached hydrogens (primary N) is 1. The second-order valence-corrected chi connectivity index (χ2v) is 2.29. The molecule has 3 N–H and O–H groups in total. The lowest BCUT2D eigenvalue weighted by molar-refractivity contribution is 0.454. The first-order valence-electron chi connectivity index (χ1n) is 3.34. The van der Waals surface area contributed by atoms with Crippen LogP contribution in [0.4, 0.5) is 5.69 Å². The Labute approximate surface area is 66.1 Å². The van der Waals surface area contributed by atoms with E-state index in [2.05, 4.69) is 0 Å². The molecule has 0 radical (unpaired) electrons. The summed E-state index contributed by atoms with van der Waals surface area (Å²) in [5.41, 5.74) is 7.28. The minimum Gasteiger partial charge on any atom is -0.539 e. The van der Waals surface area contributed by atoms with Crippen LogP contribution >= 0.6 is 0 Å². The molecule has 0 unspecified atom stereocenters. The van der Waals surface area contributed by atoms with E-state index in [1.807, 2.05) is 13.0 Å². The summed E-state index contributed by atoms with van der Waals surface area (Å²) in [6, 6.07) is 5.30. The van der Waals surface area contributed by atoms with Gasteiger partial charge in [0.2, 0.25) is 0 Å². The maximum absolute atomic E-state index is 8.42. The third-order valence-corrected chi connectivity index (χ3v) is 1.48. The van der Waals surface area contributed by atoms with E-state index >= 15 is 0 Å². The molecule has 0 atom stereocenters. The van der Waals surface area contributed by atoms with E-state index in [4.69, 9.17) is 15.4 Å². The van der Waals surface area contributed by atoms with Crippen molar-refractivity contribution in [3.8, 4) is 5.75 Å². The first-order chi connectivity index (χ1) is 5.24. The molecule has 3 nitrogen and oxygen atoms in total. The van der Waals surface area contributed by atoms with Crippen LogP contribution in [-0.4, -0.2) is 12.7 Å². The van der Waals surface area contributed by atoms with E-state index in [0.717, 1.165) is 5.56 Å². The van der Waals surface area contributed by atoms with E-state index in [1.54, 1.807) is 12.1 Å². The number of nitrogen functional groups attached to an aromatic ring is 1. The monoisotopic (exact) mass is 151 g/mol. The largest absolute Gasteiger partial charge is 0.539 e. The Kier molecular flexibility index (Phi) is 2.38. The Hall–Kier alpha value is -1.16. The Bertz CT molecular complexity index is 252. The van der Waals surface area contributed by atoms with Gasteiger partial charge in [0.05, 0.1) is 0 Å². The fourth-order valence-electron chi connectivity index (χ4n) is 0.783. The average Bonchev–Trinajstić information content (AvgIpc) is 1.98. The topological polar surface area (TPSA) is 55.5 Å². The summed E-state index contributed by atoms with van der Waals surface area (Å²) in [4.78, 5) is 0. The third kappa shape index (κ3) is 1.88. The molecule has 58 valence electrons. The summed E-state index contributed by atoms with van der Waals surface area (Å²) in [6.45, 7) is 1.91. The summed E-state index contributed by atoms with van der Waals surface area (Å²) in [5, 5.41) is 8.42. The van der Waals surface area contributed by atoms with E-state index in [9.17, 15) is 0 Å². The first-order valence-corrected chi connectivity index (χ1v) is 3.34. The van der Waals surface area contributed by atoms with Crippen LogP contribution < -0.4 is 10.4 Å². The third-order valence-electron chi connectivity index (χ3n) is 1.48. The molecule has 0 fully saturated rings. The Balaban J connectivity index is 2.86. The molecule has 11 heavy (non-hydrogen) atoms. The van der Waals surface area contributed by atoms with E-state index in [-0.39, 0.29) is 7.69 Å². The highest BCUT2D eigenvalue weighted by molar-refractivity contribution is 6.17. The van der Waals surface area contributed by atoms with Crippen molar-refractivity contribution in [1.29, 1.82) is 0 Å². The summed E-state index contributed by atoms with van der Waals surface area (Å²) >= 11 is 0. The fraction of sp³-hybridized carbons (Fsp3) is 0.143. The van der Waals surface area contributed by atoms with Crippen LogP contribution in [0.5, 0.6) is 5.75 Å². The van der Waals surface area contributed by atoms with Crippen LogP contribution in [0.3, 0.4) is 0 Å². The zero-order chi connectivity index (χ0) is 8.27. The van der Waals surface area contributed by atoms with E-state index < -0.39 is 0 Å². The van der Waals surface area contributed by atoms with Gasteiger partial charge >= 0.3 is 7.69 Å². The van der Waals surface area contributed by atoms with Crippen molar-refractivity contribution in [2.45, 2.75) is 6.92 Å². The van der Waals surface area contributed by atoms with Crippen LogP contribution in [0.15, 0.2) is 18.2 Å². The Morgan fingerprint density at radius 3 is 2.82 bits per heavy atom. The molecule has 0 saturated heterocycles. The average molecular weight is 151 g/mol. The van der Waals surface area contributed by atoms with Crippen LogP contribution in [-0.2, 0) is 0 Å². The molecule has 1 aromatic carbocycles. The molecule has 0 heterocycles. The molecule has 0 aliphatic carbocycles. The van der Waals surface area contributed by atoms with Gasteiger partial charge in [-0.25, -0.2) is 0 Å². The molecular formula is C7H10BNO2. The minimum absolute atomic E-state index is 0.317. The van der Waals surface area contributed by atoms with Crippen molar-refractivity contribution in [2.24, 2.45) is 0 Å². The van der Waals surface area contributed by atoms with Gasteiger partial charge in [0, 0.05) is 11.8 Å². The molecule has 0 saturated carbocycles. The number of hydrogen-bond acceptors (Lipinski definition) is 3. The molecule has 0 aromatic heterocycles. The molecule has 0 amide bonds.